The molecule has 0 saturated heterocycles. The van der Waals surface area contributed by atoms with Crippen LogP contribution in [0.4, 0.5) is 5.69 Å². The van der Waals surface area contributed by atoms with E-state index < -0.39 is 0 Å². The van der Waals surface area contributed by atoms with Crippen LogP contribution in [-0.4, -0.2) is 17.0 Å². The summed E-state index contributed by atoms with van der Waals surface area (Å²) < 4.78 is 0. The van der Waals surface area contributed by atoms with E-state index in [1.807, 2.05) is 18.2 Å². The summed E-state index contributed by atoms with van der Waals surface area (Å²) in [7, 11) is 0. The zero-order valence-corrected chi connectivity index (χ0v) is 12.7. The van der Waals surface area contributed by atoms with Crippen molar-refractivity contribution in [2.45, 2.75) is 26.3 Å². The fourth-order valence-electron chi connectivity index (χ4n) is 1.80. The van der Waals surface area contributed by atoms with Crippen LogP contribution in [0, 0.1) is 5.92 Å². The van der Waals surface area contributed by atoms with Gasteiger partial charge in [0.2, 0.25) is 0 Å². The highest BCUT2D eigenvalue weighted by atomic mass is 35.5. The number of aliphatic imine (C=N–C) groups is 1. The highest BCUT2D eigenvalue weighted by Gasteiger charge is 2.19. The highest BCUT2D eigenvalue weighted by Crippen LogP contribution is 2.32. The maximum Gasteiger partial charge on any atom is 0.161 e. The molecule has 1 aromatic rings. The molecular formula is C13H16Cl2N2S. The van der Waals surface area contributed by atoms with Crippen LogP contribution >= 0.6 is 35.0 Å². The Hall–Kier alpha value is -0.380. The van der Waals surface area contributed by atoms with Crippen molar-refractivity contribution in [3.05, 3.63) is 28.2 Å². The van der Waals surface area contributed by atoms with E-state index in [-0.39, 0.29) is 0 Å². The number of amidine groups is 1. The van der Waals surface area contributed by atoms with Crippen molar-refractivity contribution >= 4 is 45.8 Å². The molecule has 1 unspecified atom stereocenters. The van der Waals surface area contributed by atoms with E-state index >= 15 is 0 Å². The minimum atomic E-state index is 0.384. The second-order valence-corrected chi connectivity index (χ2v) is 6.50. The third-order valence-electron chi connectivity index (χ3n) is 2.90. The Labute approximate surface area is 122 Å². The van der Waals surface area contributed by atoms with Gasteiger partial charge < -0.3 is 5.32 Å². The molecule has 5 heteroatoms. The average molecular weight is 303 g/mol. The minimum absolute atomic E-state index is 0.384. The van der Waals surface area contributed by atoms with Gasteiger partial charge in [-0.1, -0.05) is 54.9 Å². The van der Waals surface area contributed by atoms with Crippen LogP contribution in [0.3, 0.4) is 0 Å². The fraction of sp³-hybridized carbons (Fsp3) is 0.462. The summed E-state index contributed by atoms with van der Waals surface area (Å²) in [6, 6.07) is 5.87. The van der Waals surface area contributed by atoms with Crippen molar-refractivity contribution in [3.63, 3.8) is 0 Å². The molecule has 1 atom stereocenters. The van der Waals surface area contributed by atoms with Crippen LogP contribution in [0.5, 0.6) is 0 Å². The van der Waals surface area contributed by atoms with Gasteiger partial charge in [0.25, 0.3) is 0 Å². The SMILES string of the molecule is CC(C)C1CCSC(Nc2c(Cl)cccc2Cl)=N1. The molecule has 18 heavy (non-hydrogen) atoms. The van der Waals surface area contributed by atoms with E-state index in [0.29, 0.717) is 22.0 Å². The first kappa shape index (κ1) is 14.0. The third-order valence-corrected chi connectivity index (χ3v) is 4.45. The molecule has 1 heterocycles. The van der Waals surface area contributed by atoms with E-state index in [2.05, 4.69) is 19.2 Å². The molecule has 1 aliphatic heterocycles. The van der Waals surface area contributed by atoms with Crippen molar-refractivity contribution in [2.75, 3.05) is 11.1 Å². The first-order valence-electron chi connectivity index (χ1n) is 5.99. The molecule has 0 bridgehead atoms. The Morgan fingerprint density at radius 1 is 1.33 bits per heavy atom. The lowest BCUT2D eigenvalue weighted by molar-refractivity contribution is 0.485. The molecule has 1 aliphatic rings. The normalized spacial score (nSPS) is 19.8. The van der Waals surface area contributed by atoms with Crippen LogP contribution in [0.1, 0.15) is 20.3 Å². The van der Waals surface area contributed by atoms with E-state index in [1.54, 1.807) is 11.8 Å². The van der Waals surface area contributed by atoms with Gasteiger partial charge in [-0.25, -0.2) is 0 Å². The summed E-state index contributed by atoms with van der Waals surface area (Å²) in [5.74, 6) is 1.64. The summed E-state index contributed by atoms with van der Waals surface area (Å²) in [5.41, 5.74) is 0.747. The molecule has 98 valence electrons. The maximum atomic E-state index is 6.14. The fourth-order valence-corrected chi connectivity index (χ4v) is 3.23. The molecule has 0 saturated carbocycles. The molecule has 1 N–H and O–H groups in total. The Bertz CT molecular complexity index is 440. The van der Waals surface area contributed by atoms with E-state index in [4.69, 9.17) is 28.2 Å². The van der Waals surface area contributed by atoms with Crippen LogP contribution in [0.2, 0.25) is 10.0 Å². The average Bonchev–Trinajstić information content (AvgIpc) is 2.34. The quantitative estimate of drug-likeness (QED) is 0.838. The van der Waals surface area contributed by atoms with E-state index in [0.717, 1.165) is 23.0 Å². The van der Waals surface area contributed by atoms with Crippen LogP contribution in [0.25, 0.3) is 0 Å². The molecule has 2 nitrogen and oxygen atoms in total. The number of hydrogen-bond donors (Lipinski definition) is 1. The maximum absolute atomic E-state index is 6.14. The number of anilines is 1. The van der Waals surface area contributed by atoms with E-state index in [1.165, 1.54) is 0 Å². The molecule has 2 rings (SSSR count). The summed E-state index contributed by atoms with van der Waals surface area (Å²) in [6.07, 6.45) is 1.13. The predicted molar refractivity (Wildman–Crippen MR) is 83.2 cm³/mol. The molecule has 0 fully saturated rings. The van der Waals surface area contributed by atoms with Crippen molar-refractivity contribution in [2.24, 2.45) is 10.9 Å². The highest BCUT2D eigenvalue weighted by molar-refractivity contribution is 8.14. The van der Waals surface area contributed by atoms with Crippen molar-refractivity contribution in [1.82, 2.24) is 0 Å². The predicted octanol–water partition coefficient (Wildman–Crippen LogP) is 4.92. The Kier molecular flexibility index (Phi) is 4.82. The van der Waals surface area contributed by atoms with Crippen molar-refractivity contribution in [3.8, 4) is 0 Å². The second-order valence-electron chi connectivity index (χ2n) is 4.60. The number of nitrogens with one attached hydrogen (secondary N) is 1. The summed E-state index contributed by atoms with van der Waals surface area (Å²) in [4.78, 5) is 4.71. The Morgan fingerprint density at radius 2 is 2.00 bits per heavy atom. The second kappa shape index (κ2) is 6.18. The minimum Gasteiger partial charge on any atom is -0.333 e. The zero-order chi connectivity index (χ0) is 13.1. The molecule has 1 aromatic carbocycles. The van der Waals surface area contributed by atoms with Crippen molar-refractivity contribution < 1.29 is 0 Å². The van der Waals surface area contributed by atoms with Crippen LogP contribution in [0.15, 0.2) is 23.2 Å². The number of hydrogen-bond acceptors (Lipinski definition) is 3. The molecule has 0 amide bonds. The number of para-hydroxylation sites is 1. The first-order chi connectivity index (χ1) is 8.58. The standard InChI is InChI=1S/C13H16Cl2N2S/c1-8(2)11-6-7-18-13(16-11)17-12-9(14)4-3-5-10(12)15/h3-5,8,11H,6-7H2,1-2H3,(H,16,17). The molecule has 0 spiro atoms. The van der Waals surface area contributed by atoms with Crippen LogP contribution in [-0.2, 0) is 0 Å². The molecule has 0 aromatic heterocycles. The monoisotopic (exact) mass is 302 g/mol. The van der Waals surface area contributed by atoms with Gasteiger partial charge in [-0.3, -0.25) is 4.99 Å². The number of benzene rings is 1. The van der Waals surface area contributed by atoms with Gasteiger partial charge in [-0.05, 0) is 24.5 Å². The first-order valence-corrected chi connectivity index (χ1v) is 7.73. The lowest BCUT2D eigenvalue weighted by atomic mass is 10.0. The van der Waals surface area contributed by atoms with Gasteiger partial charge in [0.1, 0.15) is 0 Å². The molecular weight excluding hydrogens is 287 g/mol. The largest absolute Gasteiger partial charge is 0.333 e. The number of nitrogens with zero attached hydrogens (tertiary/aromatic N) is 1. The number of thioether (sulfide) groups is 1. The van der Waals surface area contributed by atoms with Gasteiger partial charge in [0.05, 0.1) is 21.8 Å². The smallest absolute Gasteiger partial charge is 0.161 e. The number of halogens is 2. The van der Waals surface area contributed by atoms with Gasteiger partial charge in [-0.2, -0.15) is 0 Å². The summed E-state index contributed by atoms with van der Waals surface area (Å²) in [5, 5.41) is 5.41. The van der Waals surface area contributed by atoms with Crippen molar-refractivity contribution in [1.29, 1.82) is 0 Å². The third kappa shape index (κ3) is 3.34. The number of rotatable bonds is 2. The Morgan fingerprint density at radius 3 is 2.61 bits per heavy atom. The summed E-state index contributed by atoms with van der Waals surface area (Å²) in [6.45, 7) is 4.40. The van der Waals surface area contributed by atoms with Gasteiger partial charge in [0, 0.05) is 5.75 Å². The topological polar surface area (TPSA) is 24.4 Å². The van der Waals surface area contributed by atoms with E-state index in [9.17, 15) is 0 Å². The lowest BCUT2D eigenvalue weighted by Gasteiger charge is -2.23. The van der Waals surface area contributed by atoms with Gasteiger partial charge in [0.15, 0.2) is 5.17 Å². The van der Waals surface area contributed by atoms with Crippen LogP contribution < -0.4 is 5.32 Å². The van der Waals surface area contributed by atoms with Gasteiger partial charge >= 0.3 is 0 Å². The molecule has 0 radical (unpaired) electrons. The summed E-state index contributed by atoms with van der Waals surface area (Å²) >= 11 is 14.0. The van der Waals surface area contributed by atoms with Gasteiger partial charge in [-0.15, -0.1) is 0 Å². The molecule has 0 aliphatic carbocycles. The Balaban J connectivity index is 2.18. The lowest BCUT2D eigenvalue weighted by Crippen LogP contribution is -2.24. The zero-order valence-electron chi connectivity index (χ0n) is 10.4.